The van der Waals surface area contributed by atoms with Crippen LogP contribution in [0.3, 0.4) is 0 Å². The van der Waals surface area contributed by atoms with Crippen LogP contribution in [0, 0.1) is 6.92 Å². The van der Waals surface area contributed by atoms with E-state index in [0.717, 1.165) is 29.9 Å². The van der Waals surface area contributed by atoms with Crippen LogP contribution in [0.15, 0.2) is 30.5 Å². The molecule has 1 saturated heterocycles. The molecule has 27 heavy (non-hydrogen) atoms. The van der Waals surface area contributed by atoms with Crippen molar-refractivity contribution in [3.8, 4) is 0 Å². The van der Waals surface area contributed by atoms with E-state index < -0.39 is 0 Å². The van der Waals surface area contributed by atoms with Crippen LogP contribution in [0.2, 0.25) is 0 Å². The molecule has 3 aromatic rings. The van der Waals surface area contributed by atoms with Gasteiger partial charge in [0.15, 0.2) is 5.65 Å². The van der Waals surface area contributed by atoms with Gasteiger partial charge in [-0.2, -0.15) is 15.1 Å². The van der Waals surface area contributed by atoms with Gasteiger partial charge in [0.05, 0.1) is 11.6 Å². The predicted octanol–water partition coefficient (Wildman–Crippen LogP) is 2.79. The summed E-state index contributed by atoms with van der Waals surface area (Å²) in [6.45, 7) is 7.09. The van der Waals surface area contributed by atoms with E-state index in [-0.39, 0.29) is 0 Å². The molecule has 1 aromatic carbocycles. The summed E-state index contributed by atoms with van der Waals surface area (Å²) >= 11 is 0. The van der Waals surface area contributed by atoms with E-state index in [2.05, 4.69) is 56.8 Å². The van der Waals surface area contributed by atoms with E-state index in [1.54, 1.807) is 4.68 Å². The first-order valence-electron chi connectivity index (χ1n) is 9.64. The molecule has 1 aliphatic rings. The Hall–Kier alpha value is -2.67. The second-order valence-corrected chi connectivity index (χ2v) is 7.22. The number of aromatic nitrogens is 4. The molecule has 0 unspecified atom stereocenters. The summed E-state index contributed by atoms with van der Waals surface area (Å²) in [5, 5.41) is 12.1. The van der Waals surface area contributed by atoms with Gasteiger partial charge in [-0.15, -0.1) is 0 Å². The average molecular weight is 365 g/mol. The second kappa shape index (κ2) is 7.92. The van der Waals surface area contributed by atoms with Crippen molar-refractivity contribution in [1.29, 1.82) is 0 Å². The molecule has 4 rings (SSSR count). The predicted molar refractivity (Wildman–Crippen MR) is 109 cm³/mol. The Balaban J connectivity index is 1.48. The highest BCUT2D eigenvalue weighted by atomic mass is 15.3. The molecular formula is C20H27N7. The van der Waals surface area contributed by atoms with E-state index in [0.29, 0.717) is 12.5 Å². The molecule has 1 aliphatic heterocycles. The SMILES string of the molecule is Cc1ccc(CNc2nc(NCCN3CCCC3)nc3c2cnn3C)cc1. The Morgan fingerprint density at radius 2 is 1.81 bits per heavy atom. The molecule has 2 N–H and O–H groups in total. The van der Waals surface area contributed by atoms with Crippen LogP contribution in [0.5, 0.6) is 0 Å². The van der Waals surface area contributed by atoms with Crippen LogP contribution in [-0.2, 0) is 13.6 Å². The fraction of sp³-hybridized carbons (Fsp3) is 0.450. The molecule has 0 spiro atoms. The standard InChI is InChI=1S/C20H27N7/c1-15-5-7-16(8-6-15)13-22-18-17-14-23-26(2)19(17)25-20(24-18)21-9-12-27-10-3-4-11-27/h5-8,14H,3-4,9-13H2,1-2H3,(H2,21,22,24,25). The number of nitrogens with zero attached hydrogens (tertiary/aromatic N) is 5. The Labute approximate surface area is 159 Å². The Kier molecular flexibility index (Phi) is 5.20. The quantitative estimate of drug-likeness (QED) is 0.671. The minimum atomic E-state index is 0.650. The Morgan fingerprint density at radius 3 is 2.59 bits per heavy atom. The molecule has 0 radical (unpaired) electrons. The van der Waals surface area contributed by atoms with Gasteiger partial charge in [-0.3, -0.25) is 4.68 Å². The van der Waals surface area contributed by atoms with Gasteiger partial charge >= 0.3 is 0 Å². The first-order chi connectivity index (χ1) is 13.2. The number of hydrogen-bond donors (Lipinski definition) is 2. The van der Waals surface area contributed by atoms with Crippen LogP contribution in [0.1, 0.15) is 24.0 Å². The summed E-state index contributed by atoms with van der Waals surface area (Å²) in [4.78, 5) is 11.8. The van der Waals surface area contributed by atoms with Gasteiger partial charge in [0.1, 0.15) is 5.82 Å². The highest BCUT2D eigenvalue weighted by Gasteiger charge is 2.13. The van der Waals surface area contributed by atoms with Crippen molar-refractivity contribution < 1.29 is 0 Å². The largest absolute Gasteiger partial charge is 0.365 e. The second-order valence-electron chi connectivity index (χ2n) is 7.22. The number of aryl methyl sites for hydroxylation is 2. The molecule has 0 atom stereocenters. The van der Waals surface area contributed by atoms with E-state index >= 15 is 0 Å². The highest BCUT2D eigenvalue weighted by molar-refractivity contribution is 5.87. The molecule has 7 heteroatoms. The third-order valence-electron chi connectivity index (χ3n) is 5.08. The smallest absolute Gasteiger partial charge is 0.226 e. The summed E-state index contributed by atoms with van der Waals surface area (Å²) < 4.78 is 1.79. The summed E-state index contributed by atoms with van der Waals surface area (Å²) in [6, 6.07) is 8.53. The maximum atomic E-state index is 4.71. The van der Waals surface area contributed by atoms with E-state index in [4.69, 9.17) is 4.98 Å². The number of benzene rings is 1. The molecule has 1 fully saturated rings. The highest BCUT2D eigenvalue weighted by Crippen LogP contribution is 2.22. The molecule has 142 valence electrons. The van der Waals surface area contributed by atoms with Crippen LogP contribution < -0.4 is 10.6 Å². The van der Waals surface area contributed by atoms with Crippen LogP contribution in [0.25, 0.3) is 11.0 Å². The zero-order valence-electron chi connectivity index (χ0n) is 16.1. The zero-order valence-corrected chi connectivity index (χ0v) is 16.1. The zero-order chi connectivity index (χ0) is 18.6. The number of anilines is 2. The van der Waals surface area contributed by atoms with Crippen LogP contribution >= 0.6 is 0 Å². The lowest BCUT2D eigenvalue weighted by molar-refractivity contribution is 0.352. The summed E-state index contributed by atoms with van der Waals surface area (Å²) in [5.74, 6) is 1.47. The third-order valence-corrected chi connectivity index (χ3v) is 5.08. The van der Waals surface area contributed by atoms with Gasteiger partial charge in [0.2, 0.25) is 5.95 Å². The van der Waals surface area contributed by atoms with Gasteiger partial charge < -0.3 is 15.5 Å². The average Bonchev–Trinajstić information content (AvgIpc) is 3.32. The molecular weight excluding hydrogens is 338 g/mol. The van der Waals surface area contributed by atoms with Gasteiger partial charge in [-0.05, 0) is 38.4 Å². The first-order valence-corrected chi connectivity index (χ1v) is 9.64. The third kappa shape index (κ3) is 4.19. The first kappa shape index (κ1) is 17.7. The summed E-state index contributed by atoms with van der Waals surface area (Å²) in [7, 11) is 1.91. The lowest BCUT2D eigenvalue weighted by Gasteiger charge is -2.15. The van der Waals surface area contributed by atoms with Gasteiger partial charge in [0.25, 0.3) is 0 Å². The van der Waals surface area contributed by atoms with Crippen LogP contribution in [0.4, 0.5) is 11.8 Å². The topological polar surface area (TPSA) is 70.9 Å². The molecule has 2 aromatic heterocycles. The molecule has 3 heterocycles. The van der Waals surface area contributed by atoms with E-state index in [9.17, 15) is 0 Å². The van der Waals surface area contributed by atoms with E-state index in [1.807, 2.05) is 13.2 Å². The fourth-order valence-corrected chi connectivity index (χ4v) is 3.46. The van der Waals surface area contributed by atoms with Crippen molar-refractivity contribution in [2.24, 2.45) is 7.05 Å². The number of nitrogens with one attached hydrogen (secondary N) is 2. The number of likely N-dealkylation sites (tertiary alicyclic amines) is 1. The van der Waals surface area contributed by atoms with Crippen molar-refractivity contribution in [1.82, 2.24) is 24.6 Å². The molecule has 0 bridgehead atoms. The van der Waals surface area contributed by atoms with Crippen molar-refractivity contribution in [3.63, 3.8) is 0 Å². The number of hydrogen-bond acceptors (Lipinski definition) is 6. The van der Waals surface area contributed by atoms with Crippen molar-refractivity contribution in [2.75, 3.05) is 36.8 Å². The Bertz CT molecular complexity index is 895. The Morgan fingerprint density at radius 1 is 1.04 bits per heavy atom. The normalized spacial score (nSPS) is 14.7. The van der Waals surface area contributed by atoms with Crippen molar-refractivity contribution in [3.05, 3.63) is 41.6 Å². The number of fused-ring (bicyclic) bond motifs is 1. The van der Waals surface area contributed by atoms with Gasteiger partial charge in [-0.1, -0.05) is 29.8 Å². The molecule has 7 nitrogen and oxygen atoms in total. The molecule has 0 amide bonds. The van der Waals surface area contributed by atoms with E-state index in [1.165, 1.54) is 37.1 Å². The van der Waals surface area contributed by atoms with Crippen molar-refractivity contribution in [2.45, 2.75) is 26.3 Å². The molecule has 0 saturated carbocycles. The lowest BCUT2D eigenvalue weighted by Crippen LogP contribution is -2.26. The van der Waals surface area contributed by atoms with Gasteiger partial charge in [-0.25, -0.2) is 0 Å². The minimum absolute atomic E-state index is 0.650. The maximum absolute atomic E-state index is 4.71. The monoisotopic (exact) mass is 365 g/mol. The lowest BCUT2D eigenvalue weighted by atomic mass is 10.1. The van der Waals surface area contributed by atoms with Crippen LogP contribution in [-0.4, -0.2) is 50.8 Å². The maximum Gasteiger partial charge on any atom is 0.226 e. The minimum Gasteiger partial charge on any atom is -0.365 e. The number of rotatable bonds is 7. The fourth-order valence-electron chi connectivity index (χ4n) is 3.46. The van der Waals surface area contributed by atoms with Gasteiger partial charge in [0, 0.05) is 26.7 Å². The van der Waals surface area contributed by atoms with Crippen molar-refractivity contribution >= 4 is 22.8 Å². The summed E-state index contributed by atoms with van der Waals surface area (Å²) in [6.07, 6.45) is 4.44. The molecule has 0 aliphatic carbocycles. The summed E-state index contributed by atoms with van der Waals surface area (Å²) in [5.41, 5.74) is 3.32.